The summed E-state index contributed by atoms with van der Waals surface area (Å²) in [6.45, 7) is 8.32. The van der Waals surface area contributed by atoms with Crippen LogP contribution in [0.1, 0.15) is 0 Å². The number of likely N-dealkylation sites (N-methyl/N-ethyl adjacent to an activating group) is 2. The number of quaternary nitrogens is 1. The molecule has 6 aromatic rings. The summed E-state index contributed by atoms with van der Waals surface area (Å²) < 4.78 is 24.8. The van der Waals surface area contributed by atoms with Gasteiger partial charge in [0.25, 0.3) is 0 Å². The Hall–Kier alpha value is -3.67. The summed E-state index contributed by atoms with van der Waals surface area (Å²) in [6, 6.07) is 11.7. The first-order chi connectivity index (χ1) is 24.0. The van der Waals surface area contributed by atoms with Gasteiger partial charge in [-0.05, 0) is 43.4 Å². The molecule has 8 rings (SSSR count). The highest BCUT2D eigenvalue weighted by Crippen LogP contribution is 2.33. The molecule has 0 atom stereocenters. The van der Waals surface area contributed by atoms with Gasteiger partial charge in [-0.3, -0.25) is 9.78 Å². The van der Waals surface area contributed by atoms with E-state index in [0.29, 0.717) is 0 Å². The van der Waals surface area contributed by atoms with Crippen LogP contribution in [0.25, 0.3) is 43.6 Å². The van der Waals surface area contributed by atoms with E-state index in [1.807, 2.05) is 54.3 Å². The number of fused-ring (bicyclic) bond motifs is 6. The van der Waals surface area contributed by atoms with Crippen molar-refractivity contribution < 1.29 is 22.8 Å². The van der Waals surface area contributed by atoms with Gasteiger partial charge in [-0.15, -0.1) is 4.33 Å². The number of nitrogens with one attached hydrogen (secondary N) is 1. The van der Waals surface area contributed by atoms with Gasteiger partial charge < -0.3 is 23.7 Å². The molecule has 3 N–H and O–H groups in total. The minimum absolute atomic E-state index is 0.721. The summed E-state index contributed by atoms with van der Waals surface area (Å²) in [6.07, 6.45) is 5.72. The zero-order valence-corrected chi connectivity index (χ0v) is 32.0. The highest BCUT2D eigenvalue weighted by atomic mass is 35.5. The molecule has 274 valence electrons. The van der Waals surface area contributed by atoms with Crippen molar-refractivity contribution in [3.05, 3.63) is 58.8 Å². The predicted molar refractivity (Wildman–Crippen MR) is 208 cm³/mol. The second-order valence-electron chi connectivity index (χ2n) is 14.3. The third-order valence-corrected chi connectivity index (χ3v) is 10.0. The maximum Gasteiger partial charge on any atom is 0.158 e. The number of benzene rings is 2. The van der Waals surface area contributed by atoms with Crippen LogP contribution in [0.15, 0.2) is 48.8 Å². The lowest BCUT2D eigenvalue weighted by molar-refractivity contribution is -0.890. The largest absolute Gasteiger partial charge is 0.352 e. The second kappa shape index (κ2) is 14.0. The highest BCUT2D eigenvalue weighted by Gasteiger charge is 2.27. The lowest BCUT2D eigenvalue weighted by Crippen LogP contribution is -2.55. The van der Waals surface area contributed by atoms with E-state index < -0.39 is 9.63 Å². The minimum Gasteiger partial charge on any atom is -0.352 e. The Morgan fingerprint density at radius 2 is 1.35 bits per heavy atom. The Balaban J connectivity index is 0.000000149. The number of hydrogen-bond donors (Lipinski definition) is 3. The summed E-state index contributed by atoms with van der Waals surface area (Å²) in [4.78, 5) is 16.8. The zero-order valence-electron chi connectivity index (χ0n) is 29.7. The Bertz CT molecular complexity index is 2260. The zero-order chi connectivity index (χ0) is 36.7. The van der Waals surface area contributed by atoms with Crippen LogP contribution in [0.5, 0.6) is 0 Å². The van der Waals surface area contributed by atoms with Crippen molar-refractivity contribution in [2.75, 3.05) is 95.8 Å². The van der Waals surface area contributed by atoms with Gasteiger partial charge in [0, 0.05) is 83.5 Å². The van der Waals surface area contributed by atoms with Gasteiger partial charge in [0.05, 0.1) is 57.5 Å². The lowest BCUT2D eigenvalue weighted by atomic mass is 10.1. The number of pyridine rings is 2. The molecule has 0 unspecified atom stereocenters. The Kier molecular flexibility index (Phi) is 10.2. The van der Waals surface area contributed by atoms with E-state index in [-0.39, 0.29) is 0 Å². The number of halogens is 2. The van der Waals surface area contributed by atoms with E-state index in [1.54, 1.807) is 0 Å². The lowest BCUT2D eigenvalue weighted by Gasteiger charge is -2.39. The van der Waals surface area contributed by atoms with Crippen LogP contribution in [-0.4, -0.2) is 139 Å². The predicted octanol–water partition coefficient (Wildman–Crippen LogP) is 5.13. The van der Waals surface area contributed by atoms with Crippen molar-refractivity contribution >= 4 is 88.1 Å². The van der Waals surface area contributed by atoms with Gasteiger partial charge in [-0.25, -0.2) is 19.4 Å². The van der Waals surface area contributed by atoms with Gasteiger partial charge in [-0.1, -0.05) is 23.2 Å². The number of H-pyrrole nitrogens is 1. The molecule has 0 radical (unpaired) electrons. The Morgan fingerprint density at radius 1 is 0.824 bits per heavy atom. The number of piperazine rings is 2. The second-order valence-corrected chi connectivity index (χ2v) is 18.6. The number of aromatic nitrogens is 6. The molecular weight excluding hydrogens is 715 g/mol. The van der Waals surface area contributed by atoms with Crippen molar-refractivity contribution in [3.8, 4) is 0 Å². The minimum atomic E-state index is -4.06. The number of rotatable bonds is 3. The first-order valence-corrected chi connectivity index (χ1v) is 19.9. The van der Waals surface area contributed by atoms with Crippen molar-refractivity contribution in [1.29, 1.82) is 0 Å². The molecule has 17 heteroatoms. The van der Waals surface area contributed by atoms with E-state index in [0.717, 1.165) is 135 Å². The quantitative estimate of drug-likeness (QED) is 0.125. The monoisotopic (exact) mass is 759 g/mol. The van der Waals surface area contributed by atoms with Crippen LogP contribution in [0.4, 0.5) is 11.6 Å². The number of anilines is 2. The average molecular weight is 761 g/mol. The SMILES string of the molecule is CN1CCN(c2nc3ccc(Cl)cc3c3cn[nH]c23)CC1.CS(C)(=O)(O)OO.Cn1cc2c(n1)c(N1CC[N+](C)(C)CC1)nc1ccc(Cl)cc12. The molecule has 6 heterocycles. The summed E-state index contributed by atoms with van der Waals surface area (Å²) in [5.41, 5.74) is 3.90. The molecule has 2 aliphatic heterocycles. The van der Waals surface area contributed by atoms with Gasteiger partial charge in [0.1, 0.15) is 20.7 Å². The topological polar surface area (TPSA) is 149 Å². The molecule has 0 bridgehead atoms. The highest BCUT2D eigenvalue weighted by molar-refractivity contribution is 8.09. The first kappa shape index (κ1) is 37.1. The van der Waals surface area contributed by atoms with Crippen LogP contribution >= 0.6 is 23.2 Å². The van der Waals surface area contributed by atoms with Crippen molar-refractivity contribution in [2.24, 2.45) is 7.05 Å². The number of aryl methyl sites for hydroxylation is 1. The molecule has 2 fully saturated rings. The summed E-state index contributed by atoms with van der Waals surface area (Å²) >= 11 is 12.3. The molecule has 0 aliphatic carbocycles. The van der Waals surface area contributed by atoms with E-state index in [4.69, 9.17) is 43.0 Å². The molecule has 2 saturated heterocycles. The standard InChI is InChI=1S/C17H21ClN5.C15H16ClN5.C2H8O4S/c1-21-11-14-13-10-12(18)4-5-15(13)19-17(16(14)20-21)22-6-8-23(2,3)9-7-22;1-20-4-6-21(7-5-20)15-14-12(9-17-19-14)11-8-10(16)2-3-13(11)18-15;1-7(2,4,5)6-3/h4-5,10-11H,6-9H2,1-3H3;2-3,8-9H,4-7H2,1H3,(H,17,19);3H,1-2H3,(H,4,5)/q+1;;. The molecule has 2 aromatic carbocycles. The molecular formula is C34H45Cl2N10O4S+. The molecule has 0 spiro atoms. The maximum atomic E-state index is 10.2. The molecule has 2 aliphatic rings. The number of aromatic amines is 1. The Morgan fingerprint density at radius 3 is 1.92 bits per heavy atom. The number of hydrogen-bond acceptors (Lipinski definition) is 10. The van der Waals surface area contributed by atoms with Crippen molar-refractivity contribution in [3.63, 3.8) is 0 Å². The van der Waals surface area contributed by atoms with Crippen molar-refractivity contribution in [1.82, 2.24) is 34.8 Å². The summed E-state index contributed by atoms with van der Waals surface area (Å²) in [5.74, 6) is 1.99. The smallest absolute Gasteiger partial charge is 0.158 e. The maximum absolute atomic E-state index is 10.2. The third kappa shape index (κ3) is 8.69. The van der Waals surface area contributed by atoms with Crippen molar-refractivity contribution in [2.45, 2.75) is 0 Å². The first-order valence-electron chi connectivity index (χ1n) is 16.5. The summed E-state index contributed by atoms with van der Waals surface area (Å²) in [7, 11) is 4.61. The van der Waals surface area contributed by atoms with Gasteiger partial charge in [0.2, 0.25) is 0 Å². The van der Waals surface area contributed by atoms with Gasteiger partial charge in [0.15, 0.2) is 11.6 Å². The molecule has 14 nitrogen and oxygen atoms in total. The van der Waals surface area contributed by atoms with Crippen LogP contribution in [0.3, 0.4) is 0 Å². The number of nitrogens with zero attached hydrogens (tertiary/aromatic N) is 9. The Labute approximate surface area is 306 Å². The fourth-order valence-corrected chi connectivity index (χ4v) is 6.52. The van der Waals surface area contributed by atoms with Crippen LogP contribution in [-0.2, 0) is 21.0 Å². The average Bonchev–Trinajstić information content (AvgIpc) is 3.72. The third-order valence-electron chi connectivity index (χ3n) is 9.12. The van der Waals surface area contributed by atoms with Crippen LogP contribution < -0.4 is 9.80 Å². The normalized spacial score (nSPS) is 17.6. The fourth-order valence-electron chi connectivity index (χ4n) is 6.18. The van der Waals surface area contributed by atoms with Gasteiger partial charge >= 0.3 is 0 Å². The summed E-state index contributed by atoms with van der Waals surface area (Å²) in [5, 5.41) is 25.4. The molecule has 4 aromatic heterocycles. The molecule has 0 amide bonds. The van der Waals surface area contributed by atoms with E-state index in [2.05, 4.69) is 61.7 Å². The molecule has 51 heavy (non-hydrogen) atoms. The van der Waals surface area contributed by atoms with Crippen LogP contribution in [0, 0.1) is 0 Å². The van der Waals surface area contributed by atoms with Crippen LogP contribution in [0.2, 0.25) is 10.0 Å². The fraction of sp³-hybridized carbons (Fsp3) is 0.412. The van der Waals surface area contributed by atoms with Gasteiger partial charge in [-0.2, -0.15) is 10.2 Å². The van der Waals surface area contributed by atoms with E-state index in [9.17, 15) is 4.21 Å². The van der Waals surface area contributed by atoms with E-state index >= 15 is 0 Å². The molecule has 0 saturated carbocycles. The van der Waals surface area contributed by atoms with E-state index in [1.165, 1.54) is 0 Å².